The van der Waals surface area contributed by atoms with E-state index in [9.17, 15) is 4.79 Å². The van der Waals surface area contributed by atoms with Crippen LogP contribution in [0.5, 0.6) is 0 Å². The molecule has 0 aliphatic carbocycles. The standard InChI is InChI=1S/C10H18N2OS/c11-9-2-1-5-12(10(9)13)8-3-6-14-7-4-8/h8-9H,1-7,11H2. The third-order valence-corrected chi connectivity index (χ3v) is 4.19. The van der Waals surface area contributed by atoms with Crippen LogP contribution in [0.25, 0.3) is 0 Å². The summed E-state index contributed by atoms with van der Waals surface area (Å²) in [5, 5.41) is 0. The largest absolute Gasteiger partial charge is 0.338 e. The van der Waals surface area contributed by atoms with E-state index >= 15 is 0 Å². The molecule has 0 spiro atoms. The van der Waals surface area contributed by atoms with Crippen molar-refractivity contribution in [3.05, 3.63) is 0 Å². The van der Waals surface area contributed by atoms with E-state index in [0.717, 1.165) is 32.2 Å². The number of hydrogen-bond acceptors (Lipinski definition) is 3. The fraction of sp³-hybridized carbons (Fsp3) is 0.900. The predicted octanol–water partition coefficient (Wildman–Crippen LogP) is 0.832. The molecule has 14 heavy (non-hydrogen) atoms. The predicted molar refractivity (Wildman–Crippen MR) is 59.3 cm³/mol. The van der Waals surface area contributed by atoms with Crippen LogP contribution in [0.3, 0.4) is 0 Å². The lowest BCUT2D eigenvalue weighted by molar-refractivity contribution is -0.137. The van der Waals surface area contributed by atoms with Crippen LogP contribution in [0.4, 0.5) is 0 Å². The van der Waals surface area contributed by atoms with E-state index in [4.69, 9.17) is 5.73 Å². The van der Waals surface area contributed by atoms with Gasteiger partial charge in [-0.25, -0.2) is 0 Å². The molecule has 0 saturated carbocycles. The summed E-state index contributed by atoms with van der Waals surface area (Å²) >= 11 is 2.00. The molecule has 0 aromatic rings. The first-order valence-electron chi connectivity index (χ1n) is 5.43. The average molecular weight is 214 g/mol. The highest BCUT2D eigenvalue weighted by molar-refractivity contribution is 7.99. The maximum Gasteiger partial charge on any atom is 0.239 e. The van der Waals surface area contributed by atoms with Crippen molar-refractivity contribution in [1.82, 2.24) is 4.90 Å². The molecule has 0 radical (unpaired) electrons. The van der Waals surface area contributed by atoms with E-state index < -0.39 is 0 Å². The minimum Gasteiger partial charge on any atom is -0.338 e. The van der Waals surface area contributed by atoms with Gasteiger partial charge in [-0.15, -0.1) is 0 Å². The van der Waals surface area contributed by atoms with Gasteiger partial charge in [0, 0.05) is 12.6 Å². The third kappa shape index (κ3) is 2.06. The summed E-state index contributed by atoms with van der Waals surface area (Å²) in [6, 6.07) is 0.258. The smallest absolute Gasteiger partial charge is 0.239 e. The van der Waals surface area contributed by atoms with Crippen molar-refractivity contribution in [2.24, 2.45) is 5.73 Å². The second-order valence-corrected chi connectivity index (χ2v) is 5.35. The highest BCUT2D eigenvalue weighted by atomic mass is 32.2. The molecule has 2 aliphatic rings. The van der Waals surface area contributed by atoms with E-state index in [0.29, 0.717) is 6.04 Å². The monoisotopic (exact) mass is 214 g/mol. The summed E-state index contributed by atoms with van der Waals surface area (Å²) < 4.78 is 0. The summed E-state index contributed by atoms with van der Waals surface area (Å²) in [5.74, 6) is 2.58. The zero-order chi connectivity index (χ0) is 9.97. The molecule has 4 heteroatoms. The van der Waals surface area contributed by atoms with Crippen LogP contribution in [0.15, 0.2) is 0 Å². The average Bonchev–Trinajstić information content (AvgIpc) is 2.23. The first-order chi connectivity index (χ1) is 6.79. The van der Waals surface area contributed by atoms with Crippen LogP contribution < -0.4 is 5.73 Å². The number of nitrogens with zero attached hydrogens (tertiary/aromatic N) is 1. The molecule has 0 aromatic heterocycles. The Morgan fingerprint density at radius 1 is 1.29 bits per heavy atom. The van der Waals surface area contributed by atoms with Gasteiger partial charge < -0.3 is 10.6 Å². The van der Waals surface area contributed by atoms with Gasteiger partial charge in [-0.05, 0) is 37.2 Å². The number of carbonyl (C=O) groups excluding carboxylic acids is 1. The Balaban J connectivity index is 1.97. The first-order valence-corrected chi connectivity index (χ1v) is 6.58. The Morgan fingerprint density at radius 2 is 2.00 bits per heavy atom. The summed E-state index contributed by atoms with van der Waals surface area (Å²) in [5.41, 5.74) is 5.78. The van der Waals surface area contributed by atoms with Crippen molar-refractivity contribution in [2.75, 3.05) is 18.1 Å². The van der Waals surface area contributed by atoms with Crippen LogP contribution in [0.1, 0.15) is 25.7 Å². The minimum absolute atomic E-state index is 0.188. The van der Waals surface area contributed by atoms with Crippen LogP contribution in [0.2, 0.25) is 0 Å². The Labute approximate surface area is 89.4 Å². The van der Waals surface area contributed by atoms with Gasteiger partial charge >= 0.3 is 0 Å². The molecule has 2 rings (SSSR count). The van der Waals surface area contributed by atoms with E-state index in [1.54, 1.807) is 0 Å². The molecule has 80 valence electrons. The van der Waals surface area contributed by atoms with Crippen molar-refractivity contribution in [3.63, 3.8) is 0 Å². The van der Waals surface area contributed by atoms with Gasteiger partial charge in [-0.2, -0.15) is 11.8 Å². The summed E-state index contributed by atoms with van der Waals surface area (Å²) in [6.07, 6.45) is 4.26. The van der Waals surface area contributed by atoms with Crippen molar-refractivity contribution in [2.45, 2.75) is 37.8 Å². The van der Waals surface area contributed by atoms with Gasteiger partial charge in [0.05, 0.1) is 6.04 Å². The third-order valence-electron chi connectivity index (χ3n) is 3.15. The molecule has 2 aliphatic heterocycles. The van der Waals surface area contributed by atoms with Crippen molar-refractivity contribution in [1.29, 1.82) is 0 Å². The molecule has 2 heterocycles. The molecule has 1 unspecified atom stereocenters. The lowest BCUT2D eigenvalue weighted by atomic mass is 10.0. The molecular weight excluding hydrogens is 196 g/mol. The number of rotatable bonds is 1. The van der Waals surface area contributed by atoms with Gasteiger partial charge in [0.25, 0.3) is 0 Å². The Hall–Kier alpha value is -0.220. The van der Waals surface area contributed by atoms with Crippen molar-refractivity contribution in [3.8, 4) is 0 Å². The quantitative estimate of drug-likeness (QED) is 0.703. The Kier molecular flexibility index (Phi) is 3.34. The molecule has 1 amide bonds. The molecule has 2 fully saturated rings. The van der Waals surface area contributed by atoms with Crippen LogP contribution in [-0.4, -0.2) is 40.9 Å². The zero-order valence-corrected chi connectivity index (χ0v) is 9.26. The highest BCUT2D eigenvalue weighted by Crippen LogP contribution is 2.24. The topological polar surface area (TPSA) is 46.3 Å². The maximum absolute atomic E-state index is 11.8. The van der Waals surface area contributed by atoms with Gasteiger partial charge in [0.1, 0.15) is 0 Å². The molecule has 1 atom stereocenters. The fourth-order valence-electron chi connectivity index (χ4n) is 2.29. The zero-order valence-electron chi connectivity index (χ0n) is 8.45. The summed E-state index contributed by atoms with van der Waals surface area (Å²) in [7, 11) is 0. The Bertz CT molecular complexity index is 216. The minimum atomic E-state index is -0.224. The highest BCUT2D eigenvalue weighted by Gasteiger charge is 2.31. The van der Waals surface area contributed by atoms with Crippen molar-refractivity contribution < 1.29 is 4.79 Å². The maximum atomic E-state index is 11.8. The lowest BCUT2D eigenvalue weighted by Crippen LogP contribution is -2.53. The number of piperidine rings is 1. The van der Waals surface area contributed by atoms with Crippen LogP contribution in [-0.2, 0) is 4.79 Å². The molecule has 3 nitrogen and oxygen atoms in total. The number of carbonyl (C=O) groups is 1. The van der Waals surface area contributed by atoms with Crippen LogP contribution >= 0.6 is 11.8 Å². The van der Waals surface area contributed by atoms with Gasteiger partial charge in [0.15, 0.2) is 0 Å². The van der Waals surface area contributed by atoms with Gasteiger partial charge in [-0.1, -0.05) is 0 Å². The SMILES string of the molecule is NC1CCCN(C2CCSCC2)C1=O. The first kappa shape index (κ1) is 10.3. The molecule has 2 saturated heterocycles. The fourth-order valence-corrected chi connectivity index (χ4v) is 3.37. The van der Waals surface area contributed by atoms with Gasteiger partial charge in [0.2, 0.25) is 5.91 Å². The van der Waals surface area contributed by atoms with Gasteiger partial charge in [-0.3, -0.25) is 4.79 Å². The second-order valence-electron chi connectivity index (χ2n) is 4.12. The number of amides is 1. The number of nitrogens with two attached hydrogens (primary N) is 1. The molecule has 0 bridgehead atoms. The normalized spacial score (nSPS) is 30.8. The van der Waals surface area contributed by atoms with E-state index in [-0.39, 0.29) is 11.9 Å². The Morgan fingerprint density at radius 3 is 2.71 bits per heavy atom. The van der Waals surface area contributed by atoms with E-state index in [1.165, 1.54) is 11.5 Å². The summed E-state index contributed by atoms with van der Waals surface area (Å²) in [6.45, 7) is 0.932. The second kappa shape index (κ2) is 4.53. The number of likely N-dealkylation sites (tertiary alicyclic amines) is 1. The molecule has 2 N–H and O–H groups in total. The van der Waals surface area contributed by atoms with Crippen LogP contribution in [0, 0.1) is 0 Å². The van der Waals surface area contributed by atoms with E-state index in [2.05, 4.69) is 0 Å². The lowest BCUT2D eigenvalue weighted by Gasteiger charge is -2.38. The van der Waals surface area contributed by atoms with E-state index in [1.807, 2.05) is 16.7 Å². The number of thioether (sulfide) groups is 1. The number of hydrogen-bond donors (Lipinski definition) is 1. The van der Waals surface area contributed by atoms with Crippen molar-refractivity contribution >= 4 is 17.7 Å². The molecular formula is C10H18N2OS. The molecule has 0 aromatic carbocycles. The summed E-state index contributed by atoms with van der Waals surface area (Å²) in [4.78, 5) is 13.9.